The molecule has 0 spiro atoms. The van der Waals surface area contributed by atoms with Crippen LogP contribution in [0, 0.1) is 5.82 Å². The number of hydrogen-bond donors (Lipinski definition) is 1. The van der Waals surface area contributed by atoms with Gasteiger partial charge in [0.1, 0.15) is 5.82 Å². The SMILES string of the molecule is Cl.Cl.Fc1cc(Br)cc(COCC2(N3CCNCC3)CCc3ccccc32)c1. The van der Waals surface area contributed by atoms with Crippen molar-refractivity contribution in [1.29, 1.82) is 0 Å². The van der Waals surface area contributed by atoms with Crippen molar-refractivity contribution in [2.75, 3.05) is 32.8 Å². The summed E-state index contributed by atoms with van der Waals surface area (Å²) in [6.45, 7) is 5.15. The molecule has 0 radical (unpaired) electrons. The molecule has 154 valence electrons. The predicted octanol–water partition coefficient (Wildman–Crippen LogP) is 4.70. The van der Waals surface area contributed by atoms with Crippen molar-refractivity contribution < 1.29 is 9.13 Å². The smallest absolute Gasteiger partial charge is 0.124 e. The molecule has 0 saturated carbocycles. The molecule has 0 amide bonds. The lowest BCUT2D eigenvalue weighted by Crippen LogP contribution is -2.55. The minimum Gasteiger partial charge on any atom is -0.374 e. The zero-order chi connectivity index (χ0) is 18.0. The Kier molecular flexibility index (Phi) is 8.74. The van der Waals surface area contributed by atoms with Crippen LogP contribution < -0.4 is 5.32 Å². The Morgan fingerprint density at radius 1 is 1.11 bits per heavy atom. The lowest BCUT2D eigenvalue weighted by atomic mass is 9.89. The first kappa shape index (κ1) is 23.6. The Bertz CT molecular complexity index is 769. The standard InChI is InChI=1S/C21H24BrFN2O.2ClH/c22-18-11-16(12-19(23)13-18)14-26-15-21(25-9-7-24-8-10-25)6-5-17-3-1-2-4-20(17)21;;/h1-4,11-13,24H,5-10,14-15H2;2*1H. The van der Waals surface area contributed by atoms with E-state index in [1.807, 2.05) is 6.07 Å². The summed E-state index contributed by atoms with van der Waals surface area (Å²) in [6.07, 6.45) is 2.17. The third-order valence-corrected chi connectivity index (χ3v) is 6.04. The third-order valence-electron chi connectivity index (χ3n) is 5.58. The highest BCUT2D eigenvalue weighted by atomic mass is 79.9. The Labute approximate surface area is 187 Å². The van der Waals surface area contributed by atoms with Crippen molar-refractivity contribution in [2.24, 2.45) is 0 Å². The normalized spacial score (nSPS) is 21.5. The monoisotopic (exact) mass is 490 g/mol. The van der Waals surface area contributed by atoms with Gasteiger partial charge >= 0.3 is 0 Å². The quantitative estimate of drug-likeness (QED) is 0.656. The van der Waals surface area contributed by atoms with E-state index in [0.717, 1.165) is 49.1 Å². The van der Waals surface area contributed by atoms with Crippen molar-refractivity contribution in [2.45, 2.75) is 25.0 Å². The molecule has 2 aromatic rings. The maximum atomic E-state index is 13.6. The van der Waals surface area contributed by atoms with Gasteiger partial charge in [-0.25, -0.2) is 4.39 Å². The van der Waals surface area contributed by atoms with Crippen LogP contribution in [0.3, 0.4) is 0 Å². The molecule has 1 N–H and O–H groups in total. The van der Waals surface area contributed by atoms with Crippen LogP contribution in [0.2, 0.25) is 0 Å². The first-order valence-corrected chi connectivity index (χ1v) is 10.0. The van der Waals surface area contributed by atoms with E-state index in [0.29, 0.717) is 13.2 Å². The molecule has 0 aromatic heterocycles. The lowest BCUT2D eigenvalue weighted by molar-refractivity contribution is -0.0240. The number of piperazine rings is 1. The Hall–Kier alpha value is -0.690. The molecule has 0 bridgehead atoms. The number of hydrogen-bond acceptors (Lipinski definition) is 3. The molecule has 7 heteroatoms. The van der Waals surface area contributed by atoms with Gasteiger partial charge in [0.05, 0.1) is 18.8 Å². The van der Waals surface area contributed by atoms with E-state index >= 15 is 0 Å². The summed E-state index contributed by atoms with van der Waals surface area (Å²) in [6, 6.07) is 13.7. The number of ether oxygens (including phenoxy) is 1. The van der Waals surface area contributed by atoms with Gasteiger partial charge in [-0.1, -0.05) is 40.2 Å². The number of fused-ring (bicyclic) bond motifs is 1. The van der Waals surface area contributed by atoms with Gasteiger partial charge in [0.2, 0.25) is 0 Å². The summed E-state index contributed by atoms with van der Waals surface area (Å²) in [7, 11) is 0. The van der Waals surface area contributed by atoms with Crippen molar-refractivity contribution in [3.8, 4) is 0 Å². The molecular weight excluding hydrogens is 466 g/mol. The second-order valence-electron chi connectivity index (χ2n) is 7.20. The summed E-state index contributed by atoms with van der Waals surface area (Å²) in [5.41, 5.74) is 3.63. The van der Waals surface area contributed by atoms with Crippen molar-refractivity contribution in [3.63, 3.8) is 0 Å². The van der Waals surface area contributed by atoms with Crippen LogP contribution in [0.4, 0.5) is 4.39 Å². The minimum absolute atomic E-state index is 0. The average Bonchev–Trinajstić information content (AvgIpc) is 3.02. The molecule has 2 aromatic carbocycles. The van der Waals surface area contributed by atoms with Crippen LogP contribution in [0.25, 0.3) is 0 Å². The largest absolute Gasteiger partial charge is 0.374 e. The van der Waals surface area contributed by atoms with Crippen molar-refractivity contribution in [3.05, 3.63) is 69.4 Å². The van der Waals surface area contributed by atoms with Crippen LogP contribution in [-0.4, -0.2) is 37.7 Å². The Morgan fingerprint density at radius 3 is 2.61 bits per heavy atom. The molecule has 1 atom stereocenters. The van der Waals surface area contributed by atoms with Gasteiger partial charge in [0.25, 0.3) is 0 Å². The predicted molar refractivity (Wildman–Crippen MR) is 119 cm³/mol. The van der Waals surface area contributed by atoms with Gasteiger partial charge in [-0.05, 0) is 47.7 Å². The van der Waals surface area contributed by atoms with Crippen molar-refractivity contribution in [1.82, 2.24) is 10.2 Å². The van der Waals surface area contributed by atoms with Crippen LogP contribution in [0.15, 0.2) is 46.9 Å². The van der Waals surface area contributed by atoms with Gasteiger partial charge in [0.15, 0.2) is 0 Å². The van der Waals surface area contributed by atoms with Gasteiger partial charge < -0.3 is 10.1 Å². The van der Waals surface area contributed by atoms with Gasteiger partial charge in [-0.3, -0.25) is 4.90 Å². The van der Waals surface area contributed by atoms with Gasteiger partial charge in [0, 0.05) is 30.7 Å². The number of aryl methyl sites for hydroxylation is 1. The van der Waals surface area contributed by atoms with E-state index in [1.165, 1.54) is 17.2 Å². The van der Waals surface area contributed by atoms with E-state index in [1.54, 1.807) is 6.07 Å². The second-order valence-corrected chi connectivity index (χ2v) is 8.11. The zero-order valence-corrected chi connectivity index (χ0v) is 18.8. The molecule has 1 aliphatic carbocycles. The maximum absolute atomic E-state index is 13.6. The fourth-order valence-electron chi connectivity index (χ4n) is 4.36. The Morgan fingerprint density at radius 2 is 1.86 bits per heavy atom. The van der Waals surface area contributed by atoms with Crippen LogP contribution in [0.5, 0.6) is 0 Å². The van der Waals surface area contributed by atoms with Gasteiger partial charge in [-0.2, -0.15) is 0 Å². The van der Waals surface area contributed by atoms with E-state index in [9.17, 15) is 4.39 Å². The molecule has 1 aliphatic heterocycles. The molecule has 28 heavy (non-hydrogen) atoms. The highest BCUT2D eigenvalue weighted by molar-refractivity contribution is 9.10. The Balaban J connectivity index is 0.00000140. The molecule has 2 aliphatic rings. The molecule has 1 saturated heterocycles. The number of nitrogens with one attached hydrogen (secondary N) is 1. The van der Waals surface area contributed by atoms with E-state index in [4.69, 9.17) is 4.74 Å². The minimum atomic E-state index is -0.235. The lowest BCUT2D eigenvalue weighted by Gasteiger charge is -2.44. The summed E-state index contributed by atoms with van der Waals surface area (Å²) in [5, 5.41) is 3.44. The summed E-state index contributed by atoms with van der Waals surface area (Å²) < 4.78 is 20.5. The molecule has 3 nitrogen and oxygen atoms in total. The fourth-order valence-corrected chi connectivity index (χ4v) is 4.88. The van der Waals surface area contributed by atoms with Crippen LogP contribution >= 0.6 is 40.7 Å². The van der Waals surface area contributed by atoms with Crippen molar-refractivity contribution >= 4 is 40.7 Å². The third kappa shape index (κ3) is 4.89. The second kappa shape index (κ2) is 10.4. The molecule has 1 unspecified atom stereocenters. The van der Waals surface area contributed by atoms with Gasteiger partial charge in [-0.15, -0.1) is 24.8 Å². The van der Waals surface area contributed by atoms with E-state index in [-0.39, 0.29) is 36.2 Å². The molecule has 4 rings (SSSR count). The molecule has 1 heterocycles. The zero-order valence-electron chi connectivity index (χ0n) is 15.6. The highest BCUT2D eigenvalue weighted by Gasteiger charge is 2.44. The first-order chi connectivity index (χ1) is 12.7. The van der Waals surface area contributed by atoms with E-state index in [2.05, 4.69) is 50.4 Å². The number of rotatable bonds is 5. The van der Waals surface area contributed by atoms with Crippen LogP contribution in [-0.2, 0) is 23.3 Å². The maximum Gasteiger partial charge on any atom is 0.124 e. The number of halogens is 4. The highest BCUT2D eigenvalue weighted by Crippen LogP contribution is 2.42. The molecule has 1 fully saturated rings. The number of nitrogens with zero attached hydrogens (tertiary/aromatic N) is 1. The summed E-state index contributed by atoms with van der Waals surface area (Å²) in [4.78, 5) is 2.58. The number of benzene rings is 2. The first-order valence-electron chi connectivity index (χ1n) is 9.24. The topological polar surface area (TPSA) is 24.5 Å². The summed E-state index contributed by atoms with van der Waals surface area (Å²) in [5.74, 6) is -0.235. The molecular formula is C21H26BrCl2FN2O. The van der Waals surface area contributed by atoms with Crippen LogP contribution in [0.1, 0.15) is 23.1 Å². The summed E-state index contributed by atoms with van der Waals surface area (Å²) >= 11 is 3.35. The van der Waals surface area contributed by atoms with E-state index < -0.39 is 0 Å². The average molecular weight is 492 g/mol. The fraction of sp³-hybridized carbons (Fsp3) is 0.429.